The second-order valence-corrected chi connectivity index (χ2v) is 16.1. The van der Waals surface area contributed by atoms with Gasteiger partial charge in [-0.25, -0.2) is 0 Å². The van der Waals surface area contributed by atoms with Crippen molar-refractivity contribution < 1.29 is 43.1 Å². The average Bonchev–Trinajstić information content (AvgIpc) is 3.74. The molecular formula is C41H42N5O9P. The standard InChI is InChI=1S/C41H42N5O9P/c1-22-6-8-25-9-7-24(17-29(25)16-22)21-55-23(2)31(14-15-36(42)47)44-39(49)35-20-27-5-3-4-26-10-13-33(40(50)46(35)37(26)27)45-38(48)34-19-30-18-28(11-12-32(30)43-34)41(51)56(52,53)54/h3-9,11-12,16-19,23,31,33,35,43H,10,13-15,20-21H2,1-2H3,(H2,42,47)(H,44,49)(H,45,48)(H2,52,53,54)/t23-,31+,33+,35+/m1/s1. The van der Waals surface area contributed by atoms with Gasteiger partial charge in [0, 0.05) is 29.3 Å². The first kappa shape index (κ1) is 38.6. The molecule has 7 N–H and O–H groups in total. The summed E-state index contributed by atoms with van der Waals surface area (Å²) in [6.07, 6.45) is 0.650. The zero-order valence-electron chi connectivity index (χ0n) is 30.8. The van der Waals surface area contributed by atoms with Crippen LogP contribution in [0.15, 0.2) is 78.9 Å². The fourth-order valence-electron chi connectivity index (χ4n) is 7.62. The van der Waals surface area contributed by atoms with Crippen molar-refractivity contribution in [1.82, 2.24) is 15.6 Å². The summed E-state index contributed by atoms with van der Waals surface area (Å²) in [4.78, 5) is 89.2. The highest BCUT2D eigenvalue weighted by Crippen LogP contribution is 2.40. The first-order chi connectivity index (χ1) is 26.7. The van der Waals surface area contributed by atoms with Gasteiger partial charge < -0.3 is 35.9 Å². The zero-order valence-corrected chi connectivity index (χ0v) is 31.7. The number of rotatable bonds is 13. The third-order valence-electron chi connectivity index (χ3n) is 10.6. The van der Waals surface area contributed by atoms with Gasteiger partial charge in [0.15, 0.2) is 0 Å². The number of H-pyrrole nitrogens is 1. The van der Waals surface area contributed by atoms with Crippen LogP contribution in [0.1, 0.15) is 69.3 Å². The Labute approximate surface area is 321 Å². The number of carbonyl (C=O) groups excluding carboxylic acids is 5. The molecule has 2 aliphatic rings. The van der Waals surface area contributed by atoms with Gasteiger partial charge >= 0.3 is 7.60 Å². The molecule has 4 aromatic carbocycles. The van der Waals surface area contributed by atoms with Gasteiger partial charge in [-0.3, -0.25) is 33.4 Å². The lowest BCUT2D eigenvalue weighted by Crippen LogP contribution is -2.56. The molecule has 56 heavy (non-hydrogen) atoms. The van der Waals surface area contributed by atoms with E-state index < -0.39 is 61.0 Å². The number of nitrogens with two attached hydrogens (primary N) is 1. The van der Waals surface area contributed by atoms with Gasteiger partial charge in [-0.2, -0.15) is 0 Å². The molecule has 290 valence electrons. The molecule has 0 unspecified atom stereocenters. The number of primary amides is 1. The number of hydrogen-bond acceptors (Lipinski definition) is 7. The van der Waals surface area contributed by atoms with Gasteiger partial charge in [0.2, 0.25) is 17.7 Å². The highest BCUT2D eigenvalue weighted by Gasteiger charge is 2.44. The second kappa shape index (κ2) is 15.5. The van der Waals surface area contributed by atoms with Crippen LogP contribution in [-0.4, -0.2) is 68.2 Å². The normalized spacial score (nSPS) is 17.6. The molecule has 5 aromatic rings. The van der Waals surface area contributed by atoms with Crippen molar-refractivity contribution in [2.75, 3.05) is 4.90 Å². The number of nitrogens with zero attached hydrogens (tertiary/aromatic N) is 1. The van der Waals surface area contributed by atoms with E-state index in [9.17, 15) is 38.3 Å². The van der Waals surface area contributed by atoms with E-state index in [-0.39, 0.29) is 43.5 Å². The van der Waals surface area contributed by atoms with Crippen LogP contribution in [0.25, 0.3) is 21.7 Å². The van der Waals surface area contributed by atoms with Crippen molar-refractivity contribution in [1.29, 1.82) is 0 Å². The monoisotopic (exact) mass is 779 g/mol. The lowest BCUT2D eigenvalue weighted by molar-refractivity contribution is -0.128. The summed E-state index contributed by atoms with van der Waals surface area (Å²) in [6.45, 7) is 4.12. The van der Waals surface area contributed by atoms with Gasteiger partial charge in [0.05, 0.1) is 24.4 Å². The summed E-state index contributed by atoms with van der Waals surface area (Å²) in [6, 6.07) is 20.8. The molecular weight excluding hydrogens is 737 g/mol. The second-order valence-electron chi connectivity index (χ2n) is 14.6. The van der Waals surface area contributed by atoms with Crippen LogP contribution in [0.4, 0.5) is 5.69 Å². The largest absolute Gasteiger partial charge is 0.396 e. The van der Waals surface area contributed by atoms with Gasteiger partial charge in [0.1, 0.15) is 17.8 Å². The van der Waals surface area contributed by atoms with Gasteiger partial charge in [-0.05, 0) is 90.9 Å². The van der Waals surface area contributed by atoms with E-state index in [1.54, 1.807) is 0 Å². The number of anilines is 1. The number of nitrogens with one attached hydrogen (secondary N) is 3. The van der Waals surface area contributed by atoms with E-state index >= 15 is 0 Å². The number of hydrogen-bond donors (Lipinski definition) is 6. The molecule has 0 radical (unpaired) electrons. The van der Waals surface area contributed by atoms with E-state index in [1.165, 1.54) is 29.2 Å². The van der Waals surface area contributed by atoms with Crippen molar-refractivity contribution in [2.24, 2.45) is 5.73 Å². The summed E-state index contributed by atoms with van der Waals surface area (Å²) >= 11 is 0. The number of carbonyl (C=O) groups is 5. The van der Waals surface area contributed by atoms with Crippen molar-refractivity contribution >= 4 is 64.1 Å². The highest BCUT2D eigenvalue weighted by molar-refractivity contribution is 7.70. The number of aryl methyl sites for hydroxylation is 2. The quantitative estimate of drug-likeness (QED) is 0.0937. The Kier molecular flexibility index (Phi) is 10.7. The molecule has 4 amide bonds. The van der Waals surface area contributed by atoms with Crippen LogP contribution in [0, 0.1) is 6.92 Å². The Morgan fingerprint density at radius 3 is 2.52 bits per heavy atom. The molecule has 0 spiro atoms. The fraction of sp³-hybridized carbons (Fsp3) is 0.293. The molecule has 15 heteroatoms. The van der Waals surface area contributed by atoms with Crippen LogP contribution in [0.2, 0.25) is 0 Å². The molecule has 0 saturated heterocycles. The van der Waals surface area contributed by atoms with Crippen LogP contribution in [-0.2, 0) is 43.1 Å². The van der Waals surface area contributed by atoms with Gasteiger partial charge in [-0.15, -0.1) is 0 Å². The molecule has 0 saturated carbocycles. The topological polar surface area (TPSA) is 221 Å². The van der Waals surface area contributed by atoms with E-state index in [4.69, 9.17) is 10.5 Å². The Morgan fingerprint density at radius 1 is 0.982 bits per heavy atom. The predicted molar refractivity (Wildman–Crippen MR) is 209 cm³/mol. The molecule has 0 fully saturated rings. The summed E-state index contributed by atoms with van der Waals surface area (Å²) in [7, 11) is -5.01. The Bertz CT molecular complexity index is 2460. The number of ether oxygens (including phenoxy) is 1. The minimum atomic E-state index is -5.01. The summed E-state index contributed by atoms with van der Waals surface area (Å²) in [5, 5.41) is 8.43. The Balaban J connectivity index is 1.08. The first-order valence-corrected chi connectivity index (χ1v) is 19.9. The van der Waals surface area contributed by atoms with E-state index in [2.05, 4.69) is 39.9 Å². The molecule has 7 rings (SSSR count). The zero-order chi connectivity index (χ0) is 39.9. The lowest BCUT2D eigenvalue weighted by atomic mass is 10.0. The van der Waals surface area contributed by atoms with Crippen molar-refractivity contribution in [3.05, 3.63) is 112 Å². The molecule has 1 aromatic heterocycles. The maximum Gasteiger partial charge on any atom is 0.396 e. The summed E-state index contributed by atoms with van der Waals surface area (Å²) < 4.78 is 17.8. The Hall–Kier alpha value is -5.66. The van der Waals surface area contributed by atoms with Crippen molar-refractivity contribution in [3.63, 3.8) is 0 Å². The van der Waals surface area contributed by atoms with Crippen LogP contribution in [0.3, 0.4) is 0 Å². The number of para-hydroxylation sites is 1. The van der Waals surface area contributed by atoms with Gasteiger partial charge in [-0.1, -0.05) is 54.1 Å². The molecule has 3 heterocycles. The first-order valence-electron chi connectivity index (χ1n) is 18.3. The SMILES string of the molecule is Cc1ccc2ccc(CO[C@H](C)[C@H](CCC(N)=O)NC(=O)[C@@H]3Cc4cccc5c4N3C(=O)[C@@H](NC(=O)c3cc4cc(C(=O)P(=O)(O)O)ccc4[nH]3)CC5)cc2c1. The fourth-order valence-corrected chi connectivity index (χ4v) is 8.09. The van der Waals surface area contributed by atoms with Crippen molar-refractivity contribution in [2.45, 2.75) is 76.8 Å². The maximum absolute atomic E-state index is 14.4. The van der Waals surface area contributed by atoms with E-state index in [0.717, 1.165) is 33.0 Å². The van der Waals surface area contributed by atoms with Crippen LogP contribution < -0.4 is 21.3 Å². The lowest BCUT2D eigenvalue weighted by Gasteiger charge is -2.31. The predicted octanol–water partition coefficient (Wildman–Crippen LogP) is 4.31. The number of benzene rings is 4. The number of aromatic nitrogens is 1. The third-order valence-corrected chi connectivity index (χ3v) is 11.3. The number of aromatic amines is 1. The molecule has 0 aliphatic carbocycles. The van der Waals surface area contributed by atoms with Crippen LogP contribution >= 0.6 is 7.60 Å². The van der Waals surface area contributed by atoms with Gasteiger partial charge in [0.25, 0.3) is 11.4 Å². The maximum atomic E-state index is 14.4. The number of fused-ring (bicyclic) bond motifs is 2. The highest BCUT2D eigenvalue weighted by atomic mass is 31.2. The summed E-state index contributed by atoms with van der Waals surface area (Å²) in [5.74, 6) is -2.04. The molecule has 14 nitrogen and oxygen atoms in total. The molecule has 4 atom stereocenters. The molecule has 2 aliphatic heterocycles. The van der Waals surface area contributed by atoms with Crippen LogP contribution in [0.5, 0.6) is 0 Å². The third kappa shape index (κ3) is 8.00. The smallest absolute Gasteiger partial charge is 0.372 e. The Morgan fingerprint density at radius 2 is 1.75 bits per heavy atom. The van der Waals surface area contributed by atoms with Crippen molar-refractivity contribution in [3.8, 4) is 0 Å². The minimum Gasteiger partial charge on any atom is -0.372 e. The van der Waals surface area contributed by atoms with E-state index in [0.29, 0.717) is 23.0 Å². The summed E-state index contributed by atoms with van der Waals surface area (Å²) in [5.41, 5.74) is 8.90. The minimum absolute atomic E-state index is 0.00867. The van der Waals surface area contributed by atoms with E-state index in [1.807, 2.05) is 44.2 Å². The number of amides is 4. The average molecular weight is 780 g/mol. The molecule has 0 bridgehead atoms.